The topological polar surface area (TPSA) is 66.3 Å². The van der Waals surface area contributed by atoms with Gasteiger partial charge in [-0.1, -0.05) is 5.92 Å². The van der Waals surface area contributed by atoms with Gasteiger partial charge in [0.05, 0.1) is 6.04 Å². The van der Waals surface area contributed by atoms with Crippen molar-refractivity contribution < 1.29 is 9.90 Å². The average molecular weight is 168 g/mol. The van der Waals surface area contributed by atoms with Crippen LogP contribution in [0.1, 0.15) is 6.42 Å². The highest BCUT2D eigenvalue weighted by Crippen LogP contribution is 2.13. The quantitative estimate of drug-likeness (QED) is 0.422. The third kappa shape index (κ3) is 2.22. The molecular formula is C8H12N2O2. The molecule has 1 fully saturated rings. The molecule has 1 aliphatic rings. The molecule has 1 saturated heterocycles. The first-order valence-electron chi connectivity index (χ1n) is 3.83. The van der Waals surface area contributed by atoms with Gasteiger partial charge < -0.3 is 10.8 Å². The monoisotopic (exact) mass is 168 g/mol. The number of aliphatic carboxylic acids is 1. The SMILES string of the molecule is C#CC(CC(N)C(=O)O)N1CC1. The second kappa shape index (κ2) is 3.57. The van der Waals surface area contributed by atoms with E-state index < -0.39 is 12.0 Å². The van der Waals surface area contributed by atoms with E-state index in [1.54, 1.807) is 0 Å². The Kier molecular flexibility index (Phi) is 2.69. The van der Waals surface area contributed by atoms with Gasteiger partial charge in [0.1, 0.15) is 6.04 Å². The molecule has 0 saturated carbocycles. The smallest absolute Gasteiger partial charge is 0.320 e. The van der Waals surface area contributed by atoms with Gasteiger partial charge in [-0.25, -0.2) is 0 Å². The average Bonchev–Trinajstić information content (AvgIpc) is 2.82. The maximum atomic E-state index is 10.4. The lowest BCUT2D eigenvalue weighted by Gasteiger charge is -2.13. The Morgan fingerprint density at radius 2 is 2.33 bits per heavy atom. The van der Waals surface area contributed by atoms with Gasteiger partial charge in [-0.3, -0.25) is 9.69 Å². The summed E-state index contributed by atoms with van der Waals surface area (Å²) in [5, 5.41) is 8.52. The van der Waals surface area contributed by atoms with Crippen molar-refractivity contribution in [2.45, 2.75) is 18.5 Å². The fourth-order valence-electron chi connectivity index (χ4n) is 1.03. The maximum Gasteiger partial charge on any atom is 0.320 e. The molecule has 0 spiro atoms. The summed E-state index contributed by atoms with van der Waals surface area (Å²) in [6.07, 6.45) is 5.56. The Labute approximate surface area is 71.3 Å². The van der Waals surface area contributed by atoms with Gasteiger partial charge in [0.25, 0.3) is 0 Å². The molecule has 66 valence electrons. The van der Waals surface area contributed by atoms with Gasteiger partial charge in [-0.05, 0) is 6.42 Å². The van der Waals surface area contributed by atoms with Crippen LogP contribution < -0.4 is 5.73 Å². The molecule has 0 bridgehead atoms. The molecule has 0 aliphatic carbocycles. The molecule has 4 nitrogen and oxygen atoms in total. The van der Waals surface area contributed by atoms with Gasteiger partial charge in [-0.15, -0.1) is 6.42 Å². The van der Waals surface area contributed by atoms with E-state index in [1.165, 1.54) is 0 Å². The second-order valence-electron chi connectivity index (χ2n) is 2.90. The van der Waals surface area contributed by atoms with Crippen molar-refractivity contribution >= 4 is 5.97 Å². The summed E-state index contributed by atoms with van der Waals surface area (Å²) >= 11 is 0. The Morgan fingerprint density at radius 3 is 2.67 bits per heavy atom. The fourth-order valence-corrected chi connectivity index (χ4v) is 1.03. The summed E-state index contributed by atoms with van der Waals surface area (Å²) in [5.74, 6) is 1.54. The fraction of sp³-hybridized carbons (Fsp3) is 0.625. The van der Waals surface area contributed by atoms with Gasteiger partial charge in [-0.2, -0.15) is 0 Å². The van der Waals surface area contributed by atoms with E-state index in [0.29, 0.717) is 6.42 Å². The lowest BCUT2D eigenvalue weighted by Crippen LogP contribution is -2.36. The molecule has 4 heteroatoms. The molecular weight excluding hydrogens is 156 g/mol. The van der Waals surface area contributed by atoms with Crippen LogP contribution in [-0.2, 0) is 4.79 Å². The largest absolute Gasteiger partial charge is 0.480 e. The summed E-state index contributed by atoms with van der Waals surface area (Å²) in [4.78, 5) is 12.4. The molecule has 1 heterocycles. The molecule has 0 amide bonds. The number of nitrogens with zero attached hydrogens (tertiary/aromatic N) is 1. The van der Waals surface area contributed by atoms with Crippen molar-refractivity contribution in [1.82, 2.24) is 4.90 Å². The zero-order chi connectivity index (χ0) is 9.14. The Balaban J connectivity index is 2.37. The Hall–Kier alpha value is -1.05. The lowest BCUT2D eigenvalue weighted by atomic mass is 10.1. The first-order chi connectivity index (χ1) is 5.65. The number of terminal acetylenes is 1. The summed E-state index contributed by atoms with van der Waals surface area (Å²) in [6, 6.07) is -0.942. The normalized spacial score (nSPS) is 21.0. The van der Waals surface area contributed by atoms with Gasteiger partial charge in [0, 0.05) is 13.1 Å². The minimum Gasteiger partial charge on any atom is -0.480 e. The van der Waals surface area contributed by atoms with Gasteiger partial charge >= 0.3 is 5.97 Å². The summed E-state index contributed by atoms with van der Waals surface area (Å²) in [5.41, 5.74) is 5.34. The van der Waals surface area contributed by atoms with Crippen molar-refractivity contribution in [1.29, 1.82) is 0 Å². The highest BCUT2D eigenvalue weighted by Gasteiger charge is 2.28. The predicted molar refractivity (Wildman–Crippen MR) is 44.4 cm³/mol. The zero-order valence-corrected chi connectivity index (χ0v) is 6.73. The number of carbonyl (C=O) groups is 1. The van der Waals surface area contributed by atoms with Crippen LogP contribution in [0, 0.1) is 12.3 Å². The number of rotatable bonds is 4. The van der Waals surface area contributed by atoms with Gasteiger partial charge in [0.15, 0.2) is 0 Å². The highest BCUT2D eigenvalue weighted by atomic mass is 16.4. The number of carboxylic acid groups (broad SMARTS) is 1. The van der Waals surface area contributed by atoms with E-state index in [2.05, 4.69) is 5.92 Å². The van der Waals surface area contributed by atoms with Crippen molar-refractivity contribution in [3.8, 4) is 12.3 Å². The van der Waals surface area contributed by atoms with Crippen molar-refractivity contribution in [3.05, 3.63) is 0 Å². The van der Waals surface area contributed by atoms with E-state index in [0.717, 1.165) is 13.1 Å². The molecule has 1 aliphatic heterocycles. The standard InChI is InChI=1S/C8H12N2O2/c1-2-6(10-3-4-10)5-7(9)8(11)12/h1,6-7H,3-5,9H2,(H,11,12). The van der Waals surface area contributed by atoms with Crippen LogP contribution in [0.5, 0.6) is 0 Å². The molecule has 3 N–H and O–H groups in total. The van der Waals surface area contributed by atoms with Crippen LogP contribution in [0.25, 0.3) is 0 Å². The maximum absolute atomic E-state index is 10.4. The molecule has 2 atom stereocenters. The van der Waals surface area contributed by atoms with E-state index in [1.807, 2.05) is 4.90 Å². The third-order valence-corrected chi connectivity index (χ3v) is 1.91. The van der Waals surface area contributed by atoms with Crippen LogP contribution in [0.3, 0.4) is 0 Å². The third-order valence-electron chi connectivity index (χ3n) is 1.91. The molecule has 12 heavy (non-hydrogen) atoms. The van der Waals surface area contributed by atoms with E-state index in [4.69, 9.17) is 17.3 Å². The molecule has 2 unspecified atom stereocenters. The van der Waals surface area contributed by atoms with E-state index in [-0.39, 0.29) is 6.04 Å². The van der Waals surface area contributed by atoms with Crippen molar-refractivity contribution in [2.75, 3.05) is 13.1 Å². The first-order valence-corrected chi connectivity index (χ1v) is 3.83. The van der Waals surface area contributed by atoms with Crippen LogP contribution >= 0.6 is 0 Å². The Morgan fingerprint density at radius 1 is 1.75 bits per heavy atom. The molecule has 0 radical (unpaired) electrons. The highest BCUT2D eigenvalue weighted by molar-refractivity contribution is 5.73. The summed E-state index contributed by atoms with van der Waals surface area (Å²) in [6.45, 7) is 1.92. The number of nitrogens with two attached hydrogens (primary N) is 1. The number of hydrogen-bond acceptors (Lipinski definition) is 3. The van der Waals surface area contributed by atoms with Crippen molar-refractivity contribution in [3.63, 3.8) is 0 Å². The van der Waals surface area contributed by atoms with Crippen LogP contribution in [-0.4, -0.2) is 41.1 Å². The lowest BCUT2D eigenvalue weighted by molar-refractivity contribution is -0.138. The molecule has 1 rings (SSSR count). The van der Waals surface area contributed by atoms with Crippen LogP contribution in [0.15, 0.2) is 0 Å². The summed E-state index contributed by atoms with van der Waals surface area (Å²) < 4.78 is 0. The van der Waals surface area contributed by atoms with Crippen LogP contribution in [0.4, 0.5) is 0 Å². The van der Waals surface area contributed by atoms with E-state index >= 15 is 0 Å². The molecule has 0 aromatic heterocycles. The number of hydrogen-bond donors (Lipinski definition) is 2. The molecule has 0 aromatic rings. The number of carboxylic acids is 1. The second-order valence-corrected chi connectivity index (χ2v) is 2.90. The molecule has 0 aromatic carbocycles. The van der Waals surface area contributed by atoms with Crippen molar-refractivity contribution in [2.24, 2.45) is 5.73 Å². The van der Waals surface area contributed by atoms with Gasteiger partial charge in [0.2, 0.25) is 0 Å². The predicted octanol–water partition coefficient (Wildman–Crippen LogP) is -0.894. The zero-order valence-electron chi connectivity index (χ0n) is 6.73. The van der Waals surface area contributed by atoms with E-state index in [9.17, 15) is 4.79 Å². The Bertz CT molecular complexity index is 218. The first kappa shape index (κ1) is 9.04. The van der Waals surface area contributed by atoms with Crippen LogP contribution in [0.2, 0.25) is 0 Å². The minimum absolute atomic E-state index is 0.101. The summed E-state index contributed by atoms with van der Waals surface area (Å²) in [7, 11) is 0. The minimum atomic E-state index is -0.989.